The van der Waals surface area contributed by atoms with Crippen molar-refractivity contribution in [1.82, 2.24) is 0 Å². The van der Waals surface area contributed by atoms with E-state index in [-0.39, 0.29) is 12.2 Å². The number of benzene rings is 3. The molecule has 1 N–H and O–H groups in total. The van der Waals surface area contributed by atoms with Crippen molar-refractivity contribution < 1.29 is 18.6 Å². The largest absolute Gasteiger partial charge is 0.494 e. The van der Waals surface area contributed by atoms with E-state index >= 15 is 0 Å². The molecule has 0 atom stereocenters. The summed E-state index contributed by atoms with van der Waals surface area (Å²) in [5.41, 5.74) is 5.12. The van der Waals surface area contributed by atoms with Gasteiger partial charge in [-0.05, 0) is 72.7 Å². The summed E-state index contributed by atoms with van der Waals surface area (Å²) in [6.45, 7) is 4.51. The maximum Gasteiger partial charge on any atom is 0.166 e. The lowest BCUT2D eigenvalue weighted by atomic mass is 9.96. The summed E-state index contributed by atoms with van der Waals surface area (Å²) in [5.74, 6) is -0.962. The Hall–Kier alpha value is -2.98. The van der Waals surface area contributed by atoms with E-state index in [9.17, 15) is 8.78 Å². The van der Waals surface area contributed by atoms with Gasteiger partial charge in [-0.1, -0.05) is 48.5 Å². The van der Waals surface area contributed by atoms with Crippen LogP contribution in [-0.2, 0) is 6.61 Å². The quantitative estimate of drug-likeness (QED) is 0.342. The van der Waals surface area contributed by atoms with E-state index in [1.165, 1.54) is 11.6 Å². The summed E-state index contributed by atoms with van der Waals surface area (Å²) >= 11 is 0. The minimum absolute atomic E-state index is 0.00782. The van der Waals surface area contributed by atoms with E-state index in [0.29, 0.717) is 25.2 Å². The number of ether oxygens (including phenoxy) is 1. The van der Waals surface area contributed by atoms with Gasteiger partial charge >= 0.3 is 0 Å². The predicted molar refractivity (Wildman–Crippen MR) is 117 cm³/mol. The predicted octanol–water partition coefficient (Wildman–Crippen LogP) is 6.47. The zero-order valence-corrected chi connectivity index (χ0v) is 17.3. The van der Waals surface area contributed by atoms with Crippen molar-refractivity contribution in [1.29, 1.82) is 0 Å². The number of aryl methyl sites for hydroxylation is 2. The second-order valence-corrected chi connectivity index (χ2v) is 7.37. The fourth-order valence-electron chi connectivity index (χ4n) is 3.24. The average molecular weight is 408 g/mol. The Morgan fingerprint density at radius 2 is 1.73 bits per heavy atom. The number of hydrogen-bond donors (Lipinski definition) is 1. The van der Waals surface area contributed by atoms with Crippen LogP contribution in [0.15, 0.2) is 60.7 Å². The summed E-state index contributed by atoms with van der Waals surface area (Å²) < 4.78 is 34.1. The maximum atomic E-state index is 14.5. The van der Waals surface area contributed by atoms with Gasteiger partial charge in [0.15, 0.2) is 11.6 Å². The van der Waals surface area contributed by atoms with Gasteiger partial charge in [-0.3, -0.25) is 0 Å². The molecule has 0 spiro atoms. The first-order valence-corrected chi connectivity index (χ1v) is 10.0. The molecule has 0 radical (unpaired) electrons. The lowest BCUT2D eigenvalue weighted by molar-refractivity contribution is 0.281. The van der Waals surface area contributed by atoms with Gasteiger partial charge in [-0.15, -0.1) is 0 Å². The van der Waals surface area contributed by atoms with Crippen LogP contribution in [0.4, 0.5) is 8.78 Å². The number of allylic oxidation sites excluding steroid dienone is 1. The van der Waals surface area contributed by atoms with Gasteiger partial charge in [0, 0.05) is 5.56 Å². The number of rotatable bonds is 8. The van der Waals surface area contributed by atoms with Crippen molar-refractivity contribution in [3.8, 4) is 5.75 Å². The number of aliphatic hydroxyl groups is 1. The second-order valence-electron chi connectivity index (χ2n) is 7.37. The van der Waals surface area contributed by atoms with Crippen LogP contribution in [0.25, 0.3) is 11.6 Å². The Morgan fingerprint density at radius 1 is 0.967 bits per heavy atom. The fourth-order valence-corrected chi connectivity index (χ4v) is 3.24. The highest BCUT2D eigenvalue weighted by Crippen LogP contribution is 2.27. The van der Waals surface area contributed by atoms with E-state index in [1.807, 2.05) is 62.4 Å². The highest BCUT2D eigenvalue weighted by atomic mass is 19.2. The molecular formula is C26H26F2O2. The normalized spacial score (nSPS) is 11.6. The SMILES string of the molecule is Cc1ccc(/C=C(\CCCOc2ccc(CO)cc2)c2cccc(F)c2F)cc1C. The molecule has 0 aliphatic carbocycles. The minimum Gasteiger partial charge on any atom is -0.494 e. The highest BCUT2D eigenvalue weighted by Gasteiger charge is 2.12. The van der Waals surface area contributed by atoms with Gasteiger partial charge in [-0.2, -0.15) is 0 Å². The van der Waals surface area contributed by atoms with Crippen LogP contribution in [0.2, 0.25) is 0 Å². The molecule has 0 aliphatic rings. The molecular weight excluding hydrogens is 382 g/mol. The number of hydrogen-bond acceptors (Lipinski definition) is 2. The second kappa shape index (κ2) is 10.2. The molecule has 0 heterocycles. The first kappa shape index (κ1) is 21.7. The van der Waals surface area contributed by atoms with Crippen LogP contribution in [0, 0.1) is 25.5 Å². The third-order valence-electron chi connectivity index (χ3n) is 5.13. The van der Waals surface area contributed by atoms with Crippen LogP contribution in [0.5, 0.6) is 5.75 Å². The Balaban J connectivity index is 1.76. The van der Waals surface area contributed by atoms with Crippen molar-refractivity contribution >= 4 is 11.6 Å². The van der Waals surface area contributed by atoms with Gasteiger partial charge in [0.05, 0.1) is 13.2 Å². The van der Waals surface area contributed by atoms with Crippen molar-refractivity contribution in [3.63, 3.8) is 0 Å². The molecule has 3 rings (SSSR count). The molecule has 0 saturated heterocycles. The molecule has 0 aromatic heterocycles. The number of halogens is 2. The highest BCUT2D eigenvalue weighted by molar-refractivity contribution is 5.82. The monoisotopic (exact) mass is 408 g/mol. The molecule has 156 valence electrons. The molecule has 0 amide bonds. The summed E-state index contributed by atoms with van der Waals surface area (Å²) in [5, 5.41) is 9.10. The molecule has 4 heteroatoms. The Morgan fingerprint density at radius 3 is 2.43 bits per heavy atom. The molecule has 3 aromatic rings. The smallest absolute Gasteiger partial charge is 0.166 e. The molecule has 3 aromatic carbocycles. The third-order valence-corrected chi connectivity index (χ3v) is 5.13. The first-order valence-electron chi connectivity index (χ1n) is 10.0. The lowest BCUT2D eigenvalue weighted by Gasteiger charge is -2.12. The molecule has 2 nitrogen and oxygen atoms in total. The topological polar surface area (TPSA) is 29.5 Å². The molecule has 0 aliphatic heterocycles. The minimum atomic E-state index is -0.848. The zero-order valence-electron chi connectivity index (χ0n) is 17.3. The van der Waals surface area contributed by atoms with Crippen LogP contribution < -0.4 is 4.74 Å². The fraction of sp³-hybridized carbons (Fsp3) is 0.231. The summed E-state index contributed by atoms with van der Waals surface area (Å²) in [6, 6.07) is 17.6. The molecule has 0 bridgehead atoms. The standard InChI is InChI=1S/C26H26F2O2/c1-18-8-9-21(15-19(18)2)16-22(24-6-3-7-25(27)26(24)28)5-4-14-30-23-12-10-20(17-29)11-13-23/h3,6-13,15-16,29H,4-5,14,17H2,1-2H3/b22-16+. The van der Waals surface area contributed by atoms with Crippen LogP contribution >= 0.6 is 0 Å². The van der Waals surface area contributed by atoms with Gasteiger partial charge in [0.1, 0.15) is 5.75 Å². The Kier molecular flexibility index (Phi) is 7.36. The molecule has 0 fully saturated rings. The first-order chi connectivity index (χ1) is 14.5. The molecule has 0 unspecified atom stereocenters. The van der Waals surface area contributed by atoms with Gasteiger partial charge in [0.2, 0.25) is 0 Å². The zero-order chi connectivity index (χ0) is 21.5. The van der Waals surface area contributed by atoms with Crippen molar-refractivity contribution in [2.75, 3.05) is 6.61 Å². The van der Waals surface area contributed by atoms with Gasteiger partial charge in [0.25, 0.3) is 0 Å². The van der Waals surface area contributed by atoms with Gasteiger partial charge < -0.3 is 9.84 Å². The van der Waals surface area contributed by atoms with E-state index in [1.54, 1.807) is 6.07 Å². The molecule has 30 heavy (non-hydrogen) atoms. The number of aliphatic hydroxyl groups excluding tert-OH is 1. The van der Waals surface area contributed by atoms with E-state index in [4.69, 9.17) is 9.84 Å². The Bertz CT molecular complexity index is 1020. The third kappa shape index (κ3) is 5.55. The van der Waals surface area contributed by atoms with Crippen molar-refractivity contribution in [3.05, 3.63) is 100 Å². The van der Waals surface area contributed by atoms with Crippen LogP contribution in [0.1, 0.15) is 40.7 Å². The average Bonchev–Trinajstić information content (AvgIpc) is 2.75. The Labute approximate surface area is 176 Å². The van der Waals surface area contributed by atoms with E-state index < -0.39 is 11.6 Å². The van der Waals surface area contributed by atoms with E-state index in [0.717, 1.165) is 28.3 Å². The van der Waals surface area contributed by atoms with Crippen molar-refractivity contribution in [2.45, 2.75) is 33.3 Å². The van der Waals surface area contributed by atoms with Crippen LogP contribution in [-0.4, -0.2) is 11.7 Å². The maximum absolute atomic E-state index is 14.5. The lowest BCUT2D eigenvalue weighted by Crippen LogP contribution is -2.00. The summed E-state index contributed by atoms with van der Waals surface area (Å²) in [4.78, 5) is 0. The van der Waals surface area contributed by atoms with E-state index in [2.05, 4.69) is 0 Å². The van der Waals surface area contributed by atoms with Crippen LogP contribution in [0.3, 0.4) is 0 Å². The molecule has 0 saturated carbocycles. The summed E-state index contributed by atoms with van der Waals surface area (Å²) in [6.07, 6.45) is 3.11. The van der Waals surface area contributed by atoms with Crippen molar-refractivity contribution in [2.24, 2.45) is 0 Å². The summed E-state index contributed by atoms with van der Waals surface area (Å²) in [7, 11) is 0. The van der Waals surface area contributed by atoms with Gasteiger partial charge in [-0.25, -0.2) is 8.78 Å².